The maximum absolute atomic E-state index is 11.7. The molecule has 5 heteroatoms. The molecular formula is C13H24N4O. The van der Waals surface area contributed by atoms with E-state index in [1.54, 1.807) is 6.07 Å². The Labute approximate surface area is 109 Å². The normalized spacial score (nSPS) is 10.9. The van der Waals surface area contributed by atoms with E-state index in [9.17, 15) is 4.79 Å². The van der Waals surface area contributed by atoms with Crippen molar-refractivity contribution in [2.75, 3.05) is 26.2 Å². The predicted molar refractivity (Wildman–Crippen MR) is 72.7 cm³/mol. The van der Waals surface area contributed by atoms with Gasteiger partial charge in [-0.15, -0.1) is 0 Å². The van der Waals surface area contributed by atoms with Crippen LogP contribution in [0.25, 0.3) is 0 Å². The molecule has 0 fully saturated rings. The first-order valence-corrected chi connectivity index (χ1v) is 6.70. The van der Waals surface area contributed by atoms with Crippen molar-refractivity contribution in [1.82, 2.24) is 20.4 Å². The van der Waals surface area contributed by atoms with Gasteiger partial charge in [-0.1, -0.05) is 13.8 Å². The van der Waals surface area contributed by atoms with Crippen molar-refractivity contribution in [3.05, 3.63) is 17.5 Å². The summed E-state index contributed by atoms with van der Waals surface area (Å²) in [6, 6.07) is 1.76. The zero-order valence-corrected chi connectivity index (χ0v) is 11.6. The average molecular weight is 252 g/mol. The molecule has 0 spiro atoms. The fourth-order valence-corrected chi connectivity index (χ4v) is 1.83. The van der Waals surface area contributed by atoms with E-state index in [-0.39, 0.29) is 5.91 Å². The summed E-state index contributed by atoms with van der Waals surface area (Å²) in [7, 11) is 0. The lowest BCUT2D eigenvalue weighted by atomic mass is 10.2. The van der Waals surface area contributed by atoms with Crippen LogP contribution in [0, 0.1) is 6.92 Å². The molecule has 1 amide bonds. The average Bonchev–Trinajstić information content (AvgIpc) is 2.80. The number of hydrogen-bond acceptors (Lipinski definition) is 3. The molecule has 1 rings (SSSR count). The molecule has 0 saturated heterocycles. The van der Waals surface area contributed by atoms with Crippen LogP contribution in [0.3, 0.4) is 0 Å². The largest absolute Gasteiger partial charge is 0.351 e. The molecule has 0 aliphatic carbocycles. The molecule has 0 saturated carbocycles. The minimum absolute atomic E-state index is 0.0952. The van der Waals surface area contributed by atoms with Crippen LogP contribution in [-0.2, 0) is 0 Å². The van der Waals surface area contributed by atoms with Gasteiger partial charge in [0.25, 0.3) is 5.91 Å². The van der Waals surface area contributed by atoms with Crippen molar-refractivity contribution in [2.24, 2.45) is 0 Å². The second-order valence-electron chi connectivity index (χ2n) is 4.43. The van der Waals surface area contributed by atoms with Crippen LogP contribution >= 0.6 is 0 Å². The molecule has 0 bridgehead atoms. The highest BCUT2D eigenvalue weighted by Gasteiger charge is 2.07. The summed E-state index contributed by atoms with van der Waals surface area (Å²) in [4.78, 5) is 14.1. The van der Waals surface area contributed by atoms with Gasteiger partial charge in [0.1, 0.15) is 5.69 Å². The van der Waals surface area contributed by atoms with Crippen LogP contribution in [0.2, 0.25) is 0 Å². The third-order valence-corrected chi connectivity index (χ3v) is 3.02. The van der Waals surface area contributed by atoms with Gasteiger partial charge in [0.15, 0.2) is 0 Å². The van der Waals surface area contributed by atoms with Gasteiger partial charge in [0.05, 0.1) is 0 Å². The molecule has 5 nitrogen and oxygen atoms in total. The Balaban J connectivity index is 2.13. The number of nitrogens with zero attached hydrogens (tertiary/aromatic N) is 2. The van der Waals surface area contributed by atoms with E-state index in [4.69, 9.17) is 0 Å². The molecule has 0 aromatic carbocycles. The Bertz CT molecular complexity index is 358. The zero-order chi connectivity index (χ0) is 13.4. The smallest absolute Gasteiger partial charge is 0.271 e. The number of unbranched alkanes of at least 4 members (excludes halogenated alkanes) is 1. The van der Waals surface area contributed by atoms with E-state index in [0.717, 1.165) is 38.2 Å². The Kier molecular flexibility index (Phi) is 6.43. The number of carbonyl (C=O) groups is 1. The molecule has 0 atom stereocenters. The molecule has 102 valence electrons. The third-order valence-electron chi connectivity index (χ3n) is 3.02. The topological polar surface area (TPSA) is 61.0 Å². The van der Waals surface area contributed by atoms with Gasteiger partial charge in [0, 0.05) is 12.2 Å². The predicted octanol–water partition coefficient (Wildman–Crippen LogP) is 1.57. The fourth-order valence-electron chi connectivity index (χ4n) is 1.83. The molecular weight excluding hydrogens is 228 g/mol. The van der Waals surface area contributed by atoms with Crippen molar-refractivity contribution in [2.45, 2.75) is 33.6 Å². The summed E-state index contributed by atoms with van der Waals surface area (Å²) in [6.45, 7) is 10.2. The molecule has 0 unspecified atom stereocenters. The molecule has 1 aromatic rings. The number of aromatic nitrogens is 2. The quantitative estimate of drug-likeness (QED) is 0.690. The van der Waals surface area contributed by atoms with E-state index < -0.39 is 0 Å². The highest BCUT2D eigenvalue weighted by atomic mass is 16.1. The van der Waals surface area contributed by atoms with Gasteiger partial charge in [-0.25, -0.2) is 0 Å². The lowest BCUT2D eigenvalue weighted by Gasteiger charge is -2.17. The van der Waals surface area contributed by atoms with Gasteiger partial charge in [-0.2, -0.15) is 5.10 Å². The SMILES string of the molecule is CCN(CC)CCCCNC(=O)c1cc(C)[nH]n1. The van der Waals surface area contributed by atoms with E-state index >= 15 is 0 Å². The fraction of sp³-hybridized carbons (Fsp3) is 0.692. The van der Waals surface area contributed by atoms with E-state index in [1.165, 1.54) is 0 Å². The van der Waals surface area contributed by atoms with Crippen LogP contribution in [0.15, 0.2) is 6.07 Å². The Morgan fingerprint density at radius 2 is 2.11 bits per heavy atom. The highest BCUT2D eigenvalue weighted by Crippen LogP contribution is 1.98. The molecule has 0 radical (unpaired) electrons. The maximum Gasteiger partial charge on any atom is 0.271 e. The highest BCUT2D eigenvalue weighted by molar-refractivity contribution is 5.92. The Morgan fingerprint density at radius 1 is 1.39 bits per heavy atom. The van der Waals surface area contributed by atoms with Gasteiger partial charge in [-0.05, 0) is 45.5 Å². The van der Waals surface area contributed by atoms with Crippen molar-refractivity contribution >= 4 is 5.91 Å². The van der Waals surface area contributed by atoms with Crippen molar-refractivity contribution in [3.63, 3.8) is 0 Å². The summed E-state index contributed by atoms with van der Waals surface area (Å²) in [5, 5.41) is 9.57. The number of carbonyl (C=O) groups excluding carboxylic acids is 1. The van der Waals surface area contributed by atoms with Gasteiger partial charge in [-0.3, -0.25) is 9.89 Å². The van der Waals surface area contributed by atoms with Crippen LogP contribution < -0.4 is 5.32 Å². The Morgan fingerprint density at radius 3 is 2.67 bits per heavy atom. The van der Waals surface area contributed by atoms with E-state index in [0.29, 0.717) is 12.2 Å². The zero-order valence-electron chi connectivity index (χ0n) is 11.6. The molecule has 1 aromatic heterocycles. The number of nitrogens with one attached hydrogen (secondary N) is 2. The maximum atomic E-state index is 11.7. The number of rotatable bonds is 8. The number of aromatic amines is 1. The van der Waals surface area contributed by atoms with Crippen molar-refractivity contribution in [3.8, 4) is 0 Å². The number of amides is 1. The van der Waals surface area contributed by atoms with E-state index in [2.05, 4.69) is 34.3 Å². The first-order valence-electron chi connectivity index (χ1n) is 6.70. The minimum atomic E-state index is -0.0952. The molecule has 18 heavy (non-hydrogen) atoms. The lowest BCUT2D eigenvalue weighted by Crippen LogP contribution is -2.27. The summed E-state index contributed by atoms with van der Waals surface area (Å²) in [6.07, 6.45) is 2.12. The third kappa shape index (κ3) is 4.87. The molecule has 0 aliphatic heterocycles. The monoisotopic (exact) mass is 252 g/mol. The van der Waals surface area contributed by atoms with E-state index in [1.807, 2.05) is 6.92 Å². The second kappa shape index (κ2) is 7.87. The van der Waals surface area contributed by atoms with Gasteiger partial charge < -0.3 is 10.2 Å². The minimum Gasteiger partial charge on any atom is -0.351 e. The summed E-state index contributed by atoms with van der Waals surface area (Å²) in [5.41, 5.74) is 1.37. The van der Waals surface area contributed by atoms with Crippen LogP contribution in [0.1, 0.15) is 42.9 Å². The summed E-state index contributed by atoms with van der Waals surface area (Å²) in [5.74, 6) is -0.0952. The number of H-pyrrole nitrogens is 1. The van der Waals surface area contributed by atoms with Crippen molar-refractivity contribution < 1.29 is 4.79 Å². The Hall–Kier alpha value is -1.36. The molecule has 2 N–H and O–H groups in total. The number of hydrogen-bond donors (Lipinski definition) is 2. The van der Waals surface area contributed by atoms with Gasteiger partial charge in [0.2, 0.25) is 0 Å². The van der Waals surface area contributed by atoms with Crippen LogP contribution in [0.4, 0.5) is 0 Å². The standard InChI is InChI=1S/C13H24N4O/c1-4-17(5-2)9-7-6-8-14-13(18)12-10-11(3)15-16-12/h10H,4-9H2,1-3H3,(H,14,18)(H,15,16). The number of aryl methyl sites for hydroxylation is 1. The summed E-state index contributed by atoms with van der Waals surface area (Å²) >= 11 is 0. The lowest BCUT2D eigenvalue weighted by molar-refractivity contribution is 0.0947. The first kappa shape index (κ1) is 14.7. The molecule has 0 aliphatic rings. The molecule has 1 heterocycles. The van der Waals surface area contributed by atoms with Crippen molar-refractivity contribution in [1.29, 1.82) is 0 Å². The van der Waals surface area contributed by atoms with Crippen LogP contribution in [-0.4, -0.2) is 47.2 Å². The first-order chi connectivity index (χ1) is 8.67. The second-order valence-corrected chi connectivity index (χ2v) is 4.43. The van der Waals surface area contributed by atoms with Crippen LogP contribution in [0.5, 0.6) is 0 Å². The van der Waals surface area contributed by atoms with Gasteiger partial charge >= 0.3 is 0 Å². The summed E-state index contributed by atoms with van der Waals surface area (Å²) < 4.78 is 0.